The lowest BCUT2D eigenvalue weighted by molar-refractivity contribution is -0.384. The summed E-state index contributed by atoms with van der Waals surface area (Å²) in [5.41, 5.74) is -0.282. The Kier molecular flexibility index (Phi) is 4.49. The molecule has 0 spiro atoms. The summed E-state index contributed by atoms with van der Waals surface area (Å²) in [5.74, 6) is -0.374. The van der Waals surface area contributed by atoms with Gasteiger partial charge in [0.25, 0.3) is 11.6 Å². The number of aliphatic hydroxyl groups excluding tert-OH is 1. The van der Waals surface area contributed by atoms with E-state index in [0.29, 0.717) is 0 Å². The van der Waals surface area contributed by atoms with Gasteiger partial charge in [-0.05, 0) is 18.9 Å². The molecule has 114 valence electrons. The van der Waals surface area contributed by atoms with Crippen molar-refractivity contribution >= 4 is 23.2 Å². The van der Waals surface area contributed by atoms with E-state index in [0.717, 1.165) is 25.3 Å². The Hall–Kier alpha value is -1.66. The summed E-state index contributed by atoms with van der Waals surface area (Å²) in [4.78, 5) is 22.4. The molecule has 1 aromatic carbocycles. The lowest BCUT2D eigenvalue weighted by Crippen LogP contribution is -2.44. The Bertz CT molecular complexity index is 578. The standard InChI is InChI=1S/C14H17ClN2O4/c1-14(8-18)6-2-3-12(14)16-13(19)10-5-4-9(17(20)21)7-11(10)15/h4-5,7,12,18H,2-3,6,8H2,1H3,(H,16,19). The van der Waals surface area contributed by atoms with Gasteiger partial charge in [-0.25, -0.2) is 0 Å². The average Bonchev–Trinajstić information content (AvgIpc) is 2.80. The number of nitro groups is 1. The number of hydrogen-bond acceptors (Lipinski definition) is 4. The predicted molar refractivity (Wildman–Crippen MR) is 78.4 cm³/mol. The molecule has 0 bridgehead atoms. The molecule has 0 saturated heterocycles. The maximum Gasteiger partial charge on any atom is 0.270 e. The molecule has 1 fully saturated rings. The summed E-state index contributed by atoms with van der Waals surface area (Å²) in [6.07, 6.45) is 2.59. The molecule has 21 heavy (non-hydrogen) atoms. The van der Waals surface area contributed by atoms with Crippen LogP contribution in [0.15, 0.2) is 18.2 Å². The van der Waals surface area contributed by atoms with E-state index in [2.05, 4.69) is 5.32 Å². The van der Waals surface area contributed by atoms with Crippen LogP contribution in [0.2, 0.25) is 5.02 Å². The van der Waals surface area contributed by atoms with Gasteiger partial charge < -0.3 is 10.4 Å². The van der Waals surface area contributed by atoms with Crippen molar-refractivity contribution in [2.45, 2.75) is 32.2 Å². The van der Waals surface area contributed by atoms with Crippen molar-refractivity contribution in [3.63, 3.8) is 0 Å². The van der Waals surface area contributed by atoms with Gasteiger partial charge in [-0.2, -0.15) is 0 Å². The first-order valence-corrected chi connectivity index (χ1v) is 7.11. The molecular weight excluding hydrogens is 296 g/mol. The maximum absolute atomic E-state index is 12.3. The van der Waals surface area contributed by atoms with Crippen LogP contribution in [0.1, 0.15) is 36.5 Å². The molecular formula is C14H17ClN2O4. The number of benzene rings is 1. The van der Waals surface area contributed by atoms with Crippen molar-refractivity contribution in [3.05, 3.63) is 38.9 Å². The summed E-state index contributed by atoms with van der Waals surface area (Å²) in [5, 5.41) is 23.1. The summed E-state index contributed by atoms with van der Waals surface area (Å²) in [7, 11) is 0. The number of nitrogens with zero attached hydrogens (tertiary/aromatic N) is 1. The van der Waals surface area contributed by atoms with Gasteiger partial charge in [0.1, 0.15) is 0 Å². The summed E-state index contributed by atoms with van der Waals surface area (Å²) in [6, 6.07) is 3.64. The maximum atomic E-state index is 12.3. The molecule has 1 aliphatic carbocycles. The third-order valence-corrected chi connectivity index (χ3v) is 4.47. The fourth-order valence-corrected chi connectivity index (χ4v) is 2.97. The second kappa shape index (κ2) is 5.99. The highest BCUT2D eigenvalue weighted by Crippen LogP contribution is 2.37. The van der Waals surface area contributed by atoms with Crippen molar-refractivity contribution in [2.75, 3.05) is 6.61 Å². The lowest BCUT2D eigenvalue weighted by atomic mass is 9.85. The van der Waals surface area contributed by atoms with Gasteiger partial charge in [-0.15, -0.1) is 0 Å². The Morgan fingerprint density at radius 1 is 1.62 bits per heavy atom. The summed E-state index contributed by atoms with van der Waals surface area (Å²) < 4.78 is 0. The monoisotopic (exact) mass is 312 g/mol. The van der Waals surface area contributed by atoms with Crippen LogP contribution in [0.25, 0.3) is 0 Å². The van der Waals surface area contributed by atoms with Gasteiger partial charge >= 0.3 is 0 Å². The van der Waals surface area contributed by atoms with Crippen molar-refractivity contribution in [1.82, 2.24) is 5.32 Å². The highest BCUT2D eigenvalue weighted by Gasteiger charge is 2.39. The summed E-state index contributed by atoms with van der Waals surface area (Å²) >= 11 is 5.94. The SMILES string of the molecule is CC1(CO)CCCC1NC(=O)c1ccc([N+](=O)[O-])cc1Cl. The molecule has 0 heterocycles. The predicted octanol–water partition coefficient (Wildman–Crippen LogP) is 2.53. The Labute approximate surface area is 127 Å². The molecule has 1 saturated carbocycles. The Morgan fingerprint density at radius 2 is 2.33 bits per heavy atom. The van der Waals surface area contributed by atoms with E-state index in [1.807, 2.05) is 6.92 Å². The molecule has 1 amide bonds. The van der Waals surface area contributed by atoms with Gasteiger partial charge in [0.05, 0.1) is 22.1 Å². The molecule has 0 aromatic heterocycles. The van der Waals surface area contributed by atoms with E-state index in [1.54, 1.807) is 0 Å². The average molecular weight is 313 g/mol. The molecule has 2 N–H and O–H groups in total. The third-order valence-electron chi connectivity index (χ3n) is 4.16. The largest absolute Gasteiger partial charge is 0.396 e. The number of halogens is 1. The molecule has 2 unspecified atom stereocenters. The minimum Gasteiger partial charge on any atom is -0.396 e. The van der Waals surface area contributed by atoms with E-state index in [4.69, 9.17) is 11.6 Å². The van der Waals surface area contributed by atoms with E-state index in [9.17, 15) is 20.0 Å². The van der Waals surface area contributed by atoms with Crippen LogP contribution in [0.5, 0.6) is 0 Å². The van der Waals surface area contributed by atoms with Crippen LogP contribution >= 0.6 is 11.6 Å². The molecule has 0 radical (unpaired) electrons. The molecule has 2 atom stereocenters. The second-order valence-electron chi connectivity index (χ2n) is 5.65. The number of carbonyl (C=O) groups is 1. The Balaban J connectivity index is 2.16. The van der Waals surface area contributed by atoms with Gasteiger partial charge in [0, 0.05) is 23.6 Å². The zero-order valence-electron chi connectivity index (χ0n) is 11.6. The first-order chi connectivity index (χ1) is 9.87. The number of nitrogens with one attached hydrogen (secondary N) is 1. The normalized spacial score (nSPS) is 24.8. The number of non-ortho nitro benzene ring substituents is 1. The van der Waals surface area contributed by atoms with Crippen molar-refractivity contribution < 1.29 is 14.8 Å². The first kappa shape index (κ1) is 15.7. The molecule has 7 heteroatoms. The van der Waals surface area contributed by atoms with Gasteiger partial charge in [-0.3, -0.25) is 14.9 Å². The van der Waals surface area contributed by atoms with E-state index in [1.165, 1.54) is 12.1 Å². The molecule has 6 nitrogen and oxygen atoms in total. The topological polar surface area (TPSA) is 92.5 Å². The molecule has 1 aromatic rings. The Morgan fingerprint density at radius 3 is 2.90 bits per heavy atom. The smallest absolute Gasteiger partial charge is 0.270 e. The number of hydrogen-bond donors (Lipinski definition) is 2. The number of nitro benzene ring substituents is 1. The van der Waals surface area contributed by atoms with Crippen LogP contribution in [0.4, 0.5) is 5.69 Å². The number of amides is 1. The minimum atomic E-state index is -0.562. The molecule has 0 aliphatic heterocycles. The minimum absolute atomic E-state index is 0.00589. The van der Waals surface area contributed by atoms with Crippen molar-refractivity contribution in [2.24, 2.45) is 5.41 Å². The van der Waals surface area contributed by atoms with Crippen LogP contribution in [-0.2, 0) is 0 Å². The summed E-state index contributed by atoms with van der Waals surface area (Å²) in [6.45, 7) is 1.94. The molecule has 1 aliphatic rings. The third kappa shape index (κ3) is 3.16. The van der Waals surface area contributed by atoms with E-state index < -0.39 is 4.92 Å². The highest BCUT2D eigenvalue weighted by atomic mass is 35.5. The molecule has 2 rings (SSSR count). The van der Waals surface area contributed by atoms with Crippen LogP contribution in [-0.4, -0.2) is 28.6 Å². The van der Waals surface area contributed by atoms with Crippen molar-refractivity contribution in [1.29, 1.82) is 0 Å². The quantitative estimate of drug-likeness (QED) is 0.660. The van der Waals surface area contributed by atoms with Crippen LogP contribution in [0, 0.1) is 15.5 Å². The van der Waals surface area contributed by atoms with E-state index >= 15 is 0 Å². The fourth-order valence-electron chi connectivity index (χ4n) is 2.71. The number of rotatable bonds is 4. The fraction of sp³-hybridized carbons (Fsp3) is 0.500. The second-order valence-corrected chi connectivity index (χ2v) is 6.06. The van der Waals surface area contributed by atoms with Gasteiger partial charge in [-0.1, -0.05) is 24.9 Å². The van der Waals surface area contributed by atoms with Gasteiger partial charge in [0.2, 0.25) is 0 Å². The zero-order chi connectivity index (χ0) is 15.6. The van der Waals surface area contributed by atoms with Gasteiger partial charge in [0.15, 0.2) is 0 Å². The number of aliphatic hydroxyl groups is 1. The zero-order valence-corrected chi connectivity index (χ0v) is 12.4. The van der Waals surface area contributed by atoms with E-state index in [-0.39, 0.29) is 40.2 Å². The van der Waals surface area contributed by atoms with Crippen molar-refractivity contribution in [3.8, 4) is 0 Å². The van der Waals surface area contributed by atoms with Crippen LogP contribution < -0.4 is 5.32 Å². The number of carbonyl (C=O) groups excluding carboxylic acids is 1. The first-order valence-electron chi connectivity index (χ1n) is 6.73. The highest BCUT2D eigenvalue weighted by molar-refractivity contribution is 6.34. The van der Waals surface area contributed by atoms with Crippen LogP contribution in [0.3, 0.4) is 0 Å². The lowest BCUT2D eigenvalue weighted by Gasteiger charge is -2.30.